The molecule has 1 aromatic heterocycles. The number of urea groups is 1. The maximum atomic E-state index is 12.3. The Morgan fingerprint density at radius 3 is 2.59 bits per heavy atom. The van der Waals surface area contributed by atoms with Crippen molar-refractivity contribution in [2.75, 3.05) is 0 Å². The number of amidine groups is 1. The van der Waals surface area contributed by atoms with E-state index in [1.54, 1.807) is 0 Å². The van der Waals surface area contributed by atoms with Crippen LogP contribution in [0.4, 0.5) is 4.79 Å². The topological polar surface area (TPSA) is 111 Å². The molecule has 2 amide bonds. The predicted molar refractivity (Wildman–Crippen MR) is 137 cm³/mol. The lowest BCUT2D eigenvalue weighted by Crippen LogP contribution is -2.50. The van der Waals surface area contributed by atoms with Crippen LogP contribution in [0, 0.1) is 12.3 Å². The quantitative estimate of drug-likeness (QED) is 0.321. The van der Waals surface area contributed by atoms with Crippen molar-refractivity contribution in [1.29, 1.82) is 5.41 Å². The van der Waals surface area contributed by atoms with Gasteiger partial charge in [-0.25, -0.2) is 9.78 Å². The average Bonchev–Trinajstić information content (AvgIpc) is 3.25. The Bertz CT molecular complexity index is 1210. The van der Waals surface area contributed by atoms with Crippen LogP contribution in [0.2, 0.25) is 0 Å². The number of nitrogens with two attached hydrogens (primary N) is 1. The van der Waals surface area contributed by atoms with Crippen molar-refractivity contribution in [3.63, 3.8) is 0 Å². The minimum Gasteiger partial charge on any atom is -0.351 e. The fourth-order valence-electron chi connectivity index (χ4n) is 4.01. The molecule has 0 aliphatic heterocycles. The van der Waals surface area contributed by atoms with Crippen molar-refractivity contribution in [3.8, 4) is 22.6 Å². The van der Waals surface area contributed by atoms with E-state index in [0.29, 0.717) is 17.2 Å². The van der Waals surface area contributed by atoms with Crippen LogP contribution in [0.5, 0.6) is 0 Å². The lowest BCUT2D eigenvalue weighted by molar-refractivity contribution is 0.191. The Morgan fingerprint density at radius 1 is 1.26 bits per heavy atom. The first-order valence-electron chi connectivity index (χ1n) is 11.9. The molecular formula is C27H32N6O. The van der Waals surface area contributed by atoms with Gasteiger partial charge < -0.3 is 10.7 Å². The monoisotopic (exact) mass is 456 g/mol. The lowest BCUT2D eigenvalue weighted by Gasteiger charge is -2.36. The Morgan fingerprint density at radius 2 is 2.00 bits per heavy atom. The standard InChI is InChI=1S/C27H32N6O/c1-4-18(3)30-16-21-14-13-20(15-17(21)2)23-24(25(28)33(27(29)34)22-11-8-12-22)32-26(31-23)19-9-6-5-7-10-19/h5-7,9-10,13-16,18,22,28H,4,8,11-12H2,1-3H3,(H2,29,34)(H,31,32). The molecule has 4 N–H and O–H groups in total. The van der Waals surface area contributed by atoms with Crippen LogP contribution in [0.25, 0.3) is 22.6 Å². The van der Waals surface area contributed by atoms with Gasteiger partial charge in [0.05, 0.1) is 0 Å². The average molecular weight is 457 g/mol. The molecule has 4 rings (SSSR count). The molecule has 1 aliphatic carbocycles. The molecular weight excluding hydrogens is 424 g/mol. The molecule has 1 saturated carbocycles. The number of aryl methyl sites for hydroxylation is 1. The second kappa shape index (κ2) is 10.0. The molecule has 1 atom stereocenters. The number of benzene rings is 2. The SMILES string of the molecule is CCC(C)N=Cc1ccc(-c2nc(-c3ccccc3)[nH]c2C(=N)N(C(N)=O)C2CCC2)cc1C. The fraction of sp³-hybridized carbons (Fsp3) is 0.333. The molecule has 7 heteroatoms. The molecule has 1 aliphatic rings. The van der Waals surface area contributed by atoms with E-state index in [4.69, 9.17) is 16.1 Å². The van der Waals surface area contributed by atoms with Crippen LogP contribution >= 0.6 is 0 Å². The Balaban J connectivity index is 1.77. The third-order valence-electron chi connectivity index (χ3n) is 6.51. The number of H-pyrrole nitrogens is 1. The van der Waals surface area contributed by atoms with E-state index in [1.165, 1.54) is 4.90 Å². The summed E-state index contributed by atoms with van der Waals surface area (Å²) < 4.78 is 0. The number of primary amides is 1. The van der Waals surface area contributed by atoms with Gasteiger partial charge in [0.1, 0.15) is 17.2 Å². The number of rotatable bonds is 7. The third-order valence-corrected chi connectivity index (χ3v) is 6.51. The summed E-state index contributed by atoms with van der Waals surface area (Å²) in [4.78, 5) is 26.5. The van der Waals surface area contributed by atoms with Crippen molar-refractivity contribution in [3.05, 3.63) is 65.4 Å². The highest BCUT2D eigenvalue weighted by Gasteiger charge is 2.33. The van der Waals surface area contributed by atoms with Gasteiger partial charge in [-0.3, -0.25) is 15.3 Å². The highest BCUT2D eigenvalue weighted by molar-refractivity contribution is 6.08. The number of imidazole rings is 1. The number of hydrogen-bond acceptors (Lipinski definition) is 4. The molecule has 3 aromatic rings. The van der Waals surface area contributed by atoms with Gasteiger partial charge in [0.2, 0.25) is 0 Å². The maximum absolute atomic E-state index is 12.3. The van der Waals surface area contributed by atoms with Gasteiger partial charge in [0, 0.05) is 29.4 Å². The number of aliphatic imine (C=N–C) groups is 1. The number of aromatic amines is 1. The zero-order valence-corrected chi connectivity index (χ0v) is 20.0. The van der Waals surface area contributed by atoms with Crippen molar-refractivity contribution in [2.45, 2.75) is 58.5 Å². The van der Waals surface area contributed by atoms with E-state index in [2.05, 4.69) is 29.9 Å². The van der Waals surface area contributed by atoms with Gasteiger partial charge in [-0.1, -0.05) is 49.4 Å². The van der Waals surface area contributed by atoms with Gasteiger partial charge in [-0.2, -0.15) is 0 Å². The lowest BCUT2D eigenvalue weighted by atomic mass is 9.91. The highest BCUT2D eigenvalue weighted by atomic mass is 16.2. The summed E-state index contributed by atoms with van der Waals surface area (Å²) in [6, 6.07) is 15.5. The van der Waals surface area contributed by atoms with Crippen LogP contribution in [0.15, 0.2) is 53.5 Å². The molecule has 0 saturated heterocycles. The van der Waals surface area contributed by atoms with E-state index < -0.39 is 6.03 Å². The van der Waals surface area contributed by atoms with Crippen LogP contribution < -0.4 is 5.73 Å². The zero-order chi connectivity index (χ0) is 24.2. The molecule has 1 heterocycles. The first-order valence-corrected chi connectivity index (χ1v) is 11.9. The fourth-order valence-corrected chi connectivity index (χ4v) is 4.01. The predicted octanol–water partition coefficient (Wildman–Crippen LogP) is 5.53. The normalized spacial score (nSPS) is 14.7. The molecule has 1 unspecified atom stereocenters. The van der Waals surface area contributed by atoms with Crippen LogP contribution in [-0.4, -0.2) is 45.0 Å². The largest absolute Gasteiger partial charge is 0.351 e. The number of carbonyl (C=O) groups is 1. The summed E-state index contributed by atoms with van der Waals surface area (Å²) in [5.74, 6) is 0.704. The number of hydrogen-bond donors (Lipinski definition) is 3. The summed E-state index contributed by atoms with van der Waals surface area (Å²) in [5, 5.41) is 8.91. The van der Waals surface area contributed by atoms with Gasteiger partial charge in [-0.05, 0) is 56.7 Å². The van der Waals surface area contributed by atoms with E-state index in [-0.39, 0.29) is 17.9 Å². The molecule has 1 fully saturated rings. The summed E-state index contributed by atoms with van der Waals surface area (Å²) >= 11 is 0. The van der Waals surface area contributed by atoms with Crippen LogP contribution in [0.3, 0.4) is 0 Å². The Labute approximate surface area is 200 Å². The Kier molecular flexibility index (Phi) is 6.91. The molecule has 7 nitrogen and oxygen atoms in total. The maximum Gasteiger partial charge on any atom is 0.320 e. The number of nitrogens with zero attached hydrogens (tertiary/aromatic N) is 3. The number of nitrogens with one attached hydrogen (secondary N) is 2. The number of amides is 2. The van der Waals surface area contributed by atoms with Crippen LogP contribution in [0.1, 0.15) is 56.4 Å². The smallest absolute Gasteiger partial charge is 0.320 e. The number of aromatic nitrogens is 2. The summed E-state index contributed by atoms with van der Waals surface area (Å²) in [7, 11) is 0. The van der Waals surface area contributed by atoms with E-state index in [1.807, 2.05) is 55.6 Å². The van der Waals surface area contributed by atoms with Gasteiger partial charge in [0.25, 0.3) is 0 Å². The van der Waals surface area contributed by atoms with Crippen LogP contribution in [-0.2, 0) is 0 Å². The summed E-state index contributed by atoms with van der Waals surface area (Å²) in [6.45, 7) is 6.26. The molecule has 0 radical (unpaired) electrons. The second-order valence-corrected chi connectivity index (χ2v) is 8.92. The van der Waals surface area contributed by atoms with E-state index in [0.717, 1.165) is 47.9 Å². The first kappa shape index (κ1) is 23.4. The molecule has 34 heavy (non-hydrogen) atoms. The first-order chi connectivity index (χ1) is 16.4. The zero-order valence-electron chi connectivity index (χ0n) is 20.0. The molecule has 0 spiro atoms. The van der Waals surface area contributed by atoms with Crippen molar-refractivity contribution in [1.82, 2.24) is 14.9 Å². The van der Waals surface area contributed by atoms with Gasteiger partial charge >= 0.3 is 6.03 Å². The molecule has 2 aromatic carbocycles. The minimum atomic E-state index is -0.607. The summed E-state index contributed by atoms with van der Waals surface area (Å²) in [5.41, 5.74) is 10.7. The molecule has 0 bridgehead atoms. The highest BCUT2D eigenvalue weighted by Crippen LogP contribution is 2.31. The van der Waals surface area contributed by atoms with Gasteiger partial charge in [-0.15, -0.1) is 0 Å². The minimum absolute atomic E-state index is 0.0396. The summed E-state index contributed by atoms with van der Waals surface area (Å²) in [6.07, 6.45) is 5.65. The third kappa shape index (κ3) is 4.78. The number of carbonyl (C=O) groups excluding carboxylic acids is 1. The van der Waals surface area contributed by atoms with Crippen molar-refractivity contribution < 1.29 is 4.79 Å². The van der Waals surface area contributed by atoms with E-state index >= 15 is 0 Å². The van der Waals surface area contributed by atoms with Gasteiger partial charge in [0.15, 0.2) is 5.84 Å². The van der Waals surface area contributed by atoms with Crippen molar-refractivity contribution >= 4 is 18.1 Å². The van der Waals surface area contributed by atoms with E-state index in [9.17, 15) is 4.79 Å². The molecule has 176 valence electrons. The second-order valence-electron chi connectivity index (χ2n) is 8.92. The Hall–Kier alpha value is -3.74. The van der Waals surface area contributed by atoms with Crippen molar-refractivity contribution in [2.24, 2.45) is 10.7 Å².